The maximum absolute atomic E-state index is 12.9. The van der Waals surface area contributed by atoms with Crippen molar-refractivity contribution in [1.82, 2.24) is 20.1 Å². The van der Waals surface area contributed by atoms with Crippen LogP contribution in [0.4, 0.5) is 0 Å². The molecule has 0 radical (unpaired) electrons. The summed E-state index contributed by atoms with van der Waals surface area (Å²) in [4.78, 5) is 22.1. The number of rotatable bonds is 7. The fourth-order valence-corrected chi connectivity index (χ4v) is 5.02. The van der Waals surface area contributed by atoms with Crippen molar-refractivity contribution in [3.8, 4) is 0 Å². The van der Waals surface area contributed by atoms with Gasteiger partial charge in [0.15, 0.2) is 0 Å². The Kier molecular flexibility index (Phi) is 6.33. The minimum Gasteiger partial charge on any atom is -0.361 e. The Balaban J connectivity index is 1.46. The van der Waals surface area contributed by atoms with Gasteiger partial charge >= 0.3 is 0 Å². The number of carbonyl (C=O) groups excluding carboxylic acids is 1. The normalized spacial score (nSPS) is 17.5. The molecular weight excluding hydrogens is 380 g/mol. The number of aromatic amines is 1. The standard InChI is InChI=1S/C23H30N4OS/c1-3-26-10-12-27(13-11-26)23(28)17(2)24-16-20(22-9-6-14-29-22)19-15-25-21-8-5-4-7-18(19)21/h4-9,14-15,17,20,24-25H,3,10-13,16H2,1-2H3/t17-,20-/m0/s1. The van der Waals surface area contributed by atoms with Crippen LogP contribution in [0.5, 0.6) is 0 Å². The van der Waals surface area contributed by atoms with Gasteiger partial charge < -0.3 is 20.1 Å². The fraction of sp³-hybridized carbons (Fsp3) is 0.435. The highest BCUT2D eigenvalue weighted by Crippen LogP contribution is 2.32. The summed E-state index contributed by atoms with van der Waals surface area (Å²) in [6.07, 6.45) is 2.12. The second-order valence-electron chi connectivity index (χ2n) is 7.75. The lowest BCUT2D eigenvalue weighted by Crippen LogP contribution is -2.53. The molecule has 0 spiro atoms. The molecule has 0 bridgehead atoms. The largest absolute Gasteiger partial charge is 0.361 e. The van der Waals surface area contributed by atoms with Crippen LogP contribution in [0.25, 0.3) is 10.9 Å². The smallest absolute Gasteiger partial charge is 0.239 e. The number of benzene rings is 1. The molecule has 3 aromatic rings. The summed E-state index contributed by atoms with van der Waals surface area (Å²) in [7, 11) is 0. The first-order valence-electron chi connectivity index (χ1n) is 10.5. The topological polar surface area (TPSA) is 51.4 Å². The van der Waals surface area contributed by atoms with E-state index < -0.39 is 0 Å². The van der Waals surface area contributed by atoms with Crippen LogP contribution in [0.3, 0.4) is 0 Å². The number of nitrogens with zero attached hydrogens (tertiary/aromatic N) is 2. The summed E-state index contributed by atoms with van der Waals surface area (Å²) in [5.74, 6) is 0.433. The Labute approximate surface area is 176 Å². The molecule has 4 rings (SSSR count). The molecular formula is C23H30N4OS. The van der Waals surface area contributed by atoms with E-state index in [1.54, 1.807) is 11.3 Å². The molecule has 0 saturated carbocycles. The van der Waals surface area contributed by atoms with Crippen molar-refractivity contribution in [3.63, 3.8) is 0 Å². The van der Waals surface area contributed by atoms with Crippen molar-refractivity contribution >= 4 is 28.1 Å². The zero-order chi connectivity index (χ0) is 20.2. The number of likely N-dealkylation sites (N-methyl/N-ethyl adjacent to an activating group) is 1. The van der Waals surface area contributed by atoms with E-state index in [-0.39, 0.29) is 17.9 Å². The summed E-state index contributed by atoms with van der Waals surface area (Å²) in [6.45, 7) is 9.58. The van der Waals surface area contributed by atoms with Crippen LogP contribution < -0.4 is 5.32 Å². The predicted molar refractivity (Wildman–Crippen MR) is 121 cm³/mol. The van der Waals surface area contributed by atoms with Crippen LogP contribution in [0.1, 0.15) is 30.2 Å². The molecule has 1 aliphatic rings. The third-order valence-electron chi connectivity index (χ3n) is 6.01. The number of hydrogen-bond acceptors (Lipinski definition) is 4. The van der Waals surface area contributed by atoms with Crippen LogP contribution in [-0.2, 0) is 4.79 Å². The van der Waals surface area contributed by atoms with Crippen LogP contribution in [0, 0.1) is 0 Å². The number of aromatic nitrogens is 1. The summed E-state index contributed by atoms with van der Waals surface area (Å²) < 4.78 is 0. The molecule has 29 heavy (non-hydrogen) atoms. The van der Waals surface area contributed by atoms with Gasteiger partial charge in [0.2, 0.25) is 5.91 Å². The summed E-state index contributed by atoms with van der Waals surface area (Å²) in [5, 5.41) is 6.91. The number of carbonyl (C=O) groups is 1. The molecule has 6 heteroatoms. The molecule has 1 aromatic carbocycles. The number of nitrogens with one attached hydrogen (secondary N) is 2. The molecule has 2 atom stereocenters. The van der Waals surface area contributed by atoms with E-state index in [0.717, 1.165) is 44.8 Å². The molecule has 2 N–H and O–H groups in total. The number of thiophene rings is 1. The first-order valence-corrected chi connectivity index (χ1v) is 11.4. The Hall–Kier alpha value is -2.15. The first kappa shape index (κ1) is 20.1. The second kappa shape index (κ2) is 9.11. The number of H-pyrrole nitrogens is 1. The van der Waals surface area contributed by atoms with Crippen molar-refractivity contribution < 1.29 is 4.79 Å². The van der Waals surface area contributed by atoms with Crippen molar-refractivity contribution in [3.05, 3.63) is 58.4 Å². The molecule has 0 aliphatic carbocycles. The van der Waals surface area contributed by atoms with Crippen molar-refractivity contribution in [2.75, 3.05) is 39.3 Å². The number of para-hydroxylation sites is 1. The Morgan fingerprint density at radius 2 is 1.97 bits per heavy atom. The molecule has 0 unspecified atom stereocenters. The van der Waals surface area contributed by atoms with Gasteiger partial charge in [-0.25, -0.2) is 0 Å². The van der Waals surface area contributed by atoms with Crippen LogP contribution >= 0.6 is 11.3 Å². The van der Waals surface area contributed by atoms with E-state index in [2.05, 4.69) is 70.1 Å². The monoisotopic (exact) mass is 410 g/mol. The SMILES string of the molecule is CCN1CCN(C(=O)[C@H](C)NC[C@H](c2cccs2)c2c[nH]c3ccccc23)CC1. The molecule has 1 fully saturated rings. The Bertz CT molecular complexity index is 927. The van der Waals surface area contributed by atoms with E-state index >= 15 is 0 Å². The van der Waals surface area contributed by atoms with Gasteiger partial charge in [-0.15, -0.1) is 11.3 Å². The first-order chi connectivity index (χ1) is 14.2. The highest BCUT2D eigenvalue weighted by molar-refractivity contribution is 7.10. The Morgan fingerprint density at radius 1 is 1.17 bits per heavy atom. The predicted octanol–water partition coefficient (Wildman–Crippen LogP) is 3.50. The third kappa shape index (κ3) is 4.39. The quantitative estimate of drug-likeness (QED) is 0.627. The van der Waals surface area contributed by atoms with E-state index in [0.29, 0.717) is 0 Å². The minimum absolute atomic E-state index is 0.184. The lowest BCUT2D eigenvalue weighted by atomic mass is 9.96. The van der Waals surface area contributed by atoms with E-state index in [9.17, 15) is 4.79 Å². The average Bonchev–Trinajstić information content (AvgIpc) is 3.44. The fourth-order valence-electron chi connectivity index (χ4n) is 4.18. The average molecular weight is 411 g/mol. The molecule has 5 nitrogen and oxygen atoms in total. The van der Waals surface area contributed by atoms with Gasteiger partial charge in [-0.1, -0.05) is 31.2 Å². The Morgan fingerprint density at radius 3 is 2.69 bits per heavy atom. The zero-order valence-corrected chi connectivity index (χ0v) is 18.0. The summed E-state index contributed by atoms with van der Waals surface area (Å²) >= 11 is 1.77. The molecule has 154 valence electrons. The maximum atomic E-state index is 12.9. The van der Waals surface area contributed by atoms with Gasteiger partial charge in [-0.2, -0.15) is 0 Å². The maximum Gasteiger partial charge on any atom is 0.239 e. The molecule has 1 saturated heterocycles. The summed E-state index contributed by atoms with van der Waals surface area (Å²) in [5.41, 5.74) is 2.44. The summed E-state index contributed by atoms with van der Waals surface area (Å²) in [6, 6.07) is 12.5. The van der Waals surface area contributed by atoms with Crippen LogP contribution in [0.2, 0.25) is 0 Å². The number of piperazine rings is 1. The van der Waals surface area contributed by atoms with Gasteiger partial charge in [0.25, 0.3) is 0 Å². The van der Waals surface area contributed by atoms with E-state index in [1.807, 2.05) is 11.8 Å². The van der Waals surface area contributed by atoms with Gasteiger partial charge in [-0.3, -0.25) is 4.79 Å². The number of fused-ring (bicyclic) bond motifs is 1. The number of hydrogen-bond donors (Lipinski definition) is 2. The van der Waals surface area contributed by atoms with E-state index in [4.69, 9.17) is 0 Å². The molecule has 1 amide bonds. The molecule has 2 aromatic heterocycles. The minimum atomic E-state index is -0.184. The van der Waals surface area contributed by atoms with Crippen molar-refractivity contribution in [1.29, 1.82) is 0 Å². The van der Waals surface area contributed by atoms with Crippen molar-refractivity contribution in [2.45, 2.75) is 25.8 Å². The molecule has 3 heterocycles. The zero-order valence-electron chi connectivity index (χ0n) is 17.2. The third-order valence-corrected chi connectivity index (χ3v) is 7.00. The highest BCUT2D eigenvalue weighted by atomic mass is 32.1. The van der Waals surface area contributed by atoms with Gasteiger partial charge in [0, 0.05) is 60.6 Å². The molecule has 1 aliphatic heterocycles. The van der Waals surface area contributed by atoms with Crippen molar-refractivity contribution in [2.24, 2.45) is 0 Å². The lowest BCUT2D eigenvalue weighted by Gasteiger charge is -2.35. The van der Waals surface area contributed by atoms with Crippen LogP contribution in [-0.4, -0.2) is 66.0 Å². The highest BCUT2D eigenvalue weighted by Gasteiger charge is 2.26. The lowest BCUT2D eigenvalue weighted by molar-refractivity contribution is -0.134. The van der Waals surface area contributed by atoms with Gasteiger partial charge in [0.1, 0.15) is 0 Å². The van der Waals surface area contributed by atoms with E-state index in [1.165, 1.54) is 15.8 Å². The van der Waals surface area contributed by atoms with Gasteiger partial charge in [0.05, 0.1) is 6.04 Å². The van der Waals surface area contributed by atoms with Gasteiger partial charge in [-0.05, 0) is 36.5 Å². The van der Waals surface area contributed by atoms with Crippen LogP contribution in [0.15, 0.2) is 48.0 Å². The number of amides is 1. The second-order valence-corrected chi connectivity index (χ2v) is 8.73.